The van der Waals surface area contributed by atoms with Crippen molar-refractivity contribution < 1.29 is 9.90 Å². The summed E-state index contributed by atoms with van der Waals surface area (Å²) in [6.45, 7) is 4.03. The van der Waals surface area contributed by atoms with Gasteiger partial charge in [-0.15, -0.1) is 0 Å². The summed E-state index contributed by atoms with van der Waals surface area (Å²) < 4.78 is 0. The molecule has 1 aliphatic carbocycles. The van der Waals surface area contributed by atoms with E-state index >= 15 is 0 Å². The third-order valence-electron chi connectivity index (χ3n) is 4.39. The number of carboxylic acid groups (broad SMARTS) is 1. The minimum absolute atomic E-state index is 0.272. The van der Waals surface area contributed by atoms with Gasteiger partial charge in [0.2, 0.25) is 0 Å². The number of carboxylic acids is 1. The Morgan fingerprint density at radius 2 is 2.05 bits per heavy atom. The van der Waals surface area contributed by atoms with Crippen molar-refractivity contribution in [2.45, 2.75) is 26.2 Å². The Morgan fingerprint density at radius 1 is 1.33 bits per heavy atom. The molecule has 0 spiro atoms. The minimum Gasteiger partial charge on any atom is -0.478 e. The van der Waals surface area contributed by atoms with Crippen LogP contribution in [0.5, 0.6) is 0 Å². The van der Waals surface area contributed by atoms with Crippen LogP contribution in [-0.4, -0.2) is 29.1 Å². The molecule has 4 nitrogen and oxygen atoms in total. The predicted molar refractivity (Wildman–Crippen MR) is 83.9 cm³/mol. The van der Waals surface area contributed by atoms with Crippen LogP contribution in [-0.2, 0) is 0 Å². The third kappa shape index (κ3) is 2.58. The van der Waals surface area contributed by atoms with Gasteiger partial charge in [-0.25, -0.2) is 9.78 Å². The first-order valence-corrected chi connectivity index (χ1v) is 7.56. The molecule has 1 fully saturated rings. The van der Waals surface area contributed by atoms with E-state index in [1.807, 2.05) is 24.3 Å². The van der Waals surface area contributed by atoms with Gasteiger partial charge in [0, 0.05) is 30.1 Å². The average molecular weight is 284 g/mol. The van der Waals surface area contributed by atoms with Crippen LogP contribution in [0.4, 0.5) is 5.82 Å². The molecule has 1 aliphatic rings. The molecule has 0 aliphatic heterocycles. The lowest BCUT2D eigenvalue weighted by atomic mass is 9.85. The molecule has 0 radical (unpaired) electrons. The monoisotopic (exact) mass is 284 g/mol. The van der Waals surface area contributed by atoms with Crippen LogP contribution >= 0.6 is 0 Å². The van der Waals surface area contributed by atoms with Crippen molar-refractivity contribution in [3.8, 4) is 0 Å². The first kappa shape index (κ1) is 13.9. The molecule has 1 N–H and O–H groups in total. The summed E-state index contributed by atoms with van der Waals surface area (Å²) in [5.41, 5.74) is 0.272. The SMILES string of the molecule is CCN(CC1CCC1)c1ncc(C(=O)O)c2ccccc12. The number of nitrogens with zero attached hydrogens (tertiary/aromatic N) is 2. The van der Waals surface area contributed by atoms with E-state index in [1.165, 1.54) is 25.5 Å². The van der Waals surface area contributed by atoms with E-state index < -0.39 is 5.97 Å². The van der Waals surface area contributed by atoms with Gasteiger partial charge in [-0.2, -0.15) is 0 Å². The van der Waals surface area contributed by atoms with E-state index in [-0.39, 0.29) is 5.56 Å². The molecular formula is C17H20N2O2. The van der Waals surface area contributed by atoms with Crippen LogP contribution in [0.2, 0.25) is 0 Å². The van der Waals surface area contributed by atoms with Crippen molar-refractivity contribution >= 4 is 22.6 Å². The van der Waals surface area contributed by atoms with Crippen LogP contribution in [0.25, 0.3) is 10.8 Å². The quantitative estimate of drug-likeness (QED) is 0.912. The van der Waals surface area contributed by atoms with Gasteiger partial charge in [-0.3, -0.25) is 0 Å². The lowest BCUT2D eigenvalue weighted by Crippen LogP contribution is -2.33. The number of rotatable bonds is 5. The minimum atomic E-state index is -0.924. The van der Waals surface area contributed by atoms with E-state index in [4.69, 9.17) is 0 Å². The molecule has 1 aromatic carbocycles. The second kappa shape index (κ2) is 5.72. The van der Waals surface area contributed by atoms with Crippen LogP contribution in [0.1, 0.15) is 36.5 Å². The smallest absolute Gasteiger partial charge is 0.337 e. The van der Waals surface area contributed by atoms with Crippen molar-refractivity contribution in [3.63, 3.8) is 0 Å². The van der Waals surface area contributed by atoms with Crippen molar-refractivity contribution in [2.75, 3.05) is 18.0 Å². The maximum absolute atomic E-state index is 11.3. The number of anilines is 1. The van der Waals surface area contributed by atoms with E-state index in [0.29, 0.717) is 0 Å². The number of benzene rings is 1. The highest BCUT2D eigenvalue weighted by Crippen LogP contribution is 2.31. The van der Waals surface area contributed by atoms with Crippen LogP contribution < -0.4 is 4.90 Å². The molecule has 0 atom stereocenters. The highest BCUT2D eigenvalue weighted by Gasteiger charge is 2.22. The summed E-state index contributed by atoms with van der Waals surface area (Å²) in [5.74, 6) is 0.738. The number of hydrogen-bond donors (Lipinski definition) is 1. The molecule has 1 saturated carbocycles. The van der Waals surface area contributed by atoms with Crippen LogP contribution in [0, 0.1) is 5.92 Å². The maximum Gasteiger partial charge on any atom is 0.337 e. The highest BCUT2D eigenvalue weighted by atomic mass is 16.4. The Hall–Kier alpha value is -2.10. The molecule has 1 aromatic heterocycles. The predicted octanol–water partition coefficient (Wildman–Crippen LogP) is 3.56. The number of aromatic nitrogens is 1. The number of hydrogen-bond acceptors (Lipinski definition) is 3. The number of carbonyl (C=O) groups is 1. The fourth-order valence-electron chi connectivity index (χ4n) is 2.95. The van der Waals surface area contributed by atoms with Gasteiger partial charge >= 0.3 is 5.97 Å². The van der Waals surface area contributed by atoms with E-state index in [0.717, 1.165) is 35.6 Å². The zero-order chi connectivity index (χ0) is 14.8. The number of aromatic carboxylic acids is 1. The van der Waals surface area contributed by atoms with Gasteiger partial charge in [0.05, 0.1) is 5.56 Å². The number of pyridine rings is 1. The van der Waals surface area contributed by atoms with Crippen LogP contribution in [0.3, 0.4) is 0 Å². The van der Waals surface area contributed by atoms with Gasteiger partial charge in [0.25, 0.3) is 0 Å². The summed E-state index contributed by atoms with van der Waals surface area (Å²) in [4.78, 5) is 18.1. The second-order valence-corrected chi connectivity index (χ2v) is 5.68. The van der Waals surface area contributed by atoms with Crippen molar-refractivity contribution in [2.24, 2.45) is 5.92 Å². The molecule has 0 saturated heterocycles. The lowest BCUT2D eigenvalue weighted by Gasteiger charge is -2.33. The molecule has 0 bridgehead atoms. The fraction of sp³-hybridized carbons (Fsp3) is 0.412. The van der Waals surface area contributed by atoms with E-state index in [1.54, 1.807) is 0 Å². The Labute approximate surface area is 124 Å². The third-order valence-corrected chi connectivity index (χ3v) is 4.39. The molecule has 110 valence electrons. The maximum atomic E-state index is 11.3. The molecule has 1 heterocycles. The lowest BCUT2D eigenvalue weighted by molar-refractivity contribution is 0.0698. The average Bonchev–Trinajstić information content (AvgIpc) is 2.45. The topological polar surface area (TPSA) is 53.4 Å². The zero-order valence-corrected chi connectivity index (χ0v) is 12.2. The van der Waals surface area contributed by atoms with Gasteiger partial charge in [0.1, 0.15) is 5.82 Å². The summed E-state index contributed by atoms with van der Waals surface area (Å²) in [7, 11) is 0. The molecule has 3 rings (SSSR count). The van der Waals surface area contributed by atoms with Crippen molar-refractivity contribution in [1.29, 1.82) is 0 Å². The van der Waals surface area contributed by atoms with Crippen molar-refractivity contribution in [3.05, 3.63) is 36.0 Å². The summed E-state index contributed by atoms with van der Waals surface area (Å²) in [6, 6.07) is 7.64. The van der Waals surface area contributed by atoms with Gasteiger partial charge < -0.3 is 10.0 Å². The summed E-state index contributed by atoms with van der Waals surface area (Å²) in [5, 5.41) is 11.0. The Bertz CT molecular complexity index is 665. The Kier molecular flexibility index (Phi) is 3.78. The summed E-state index contributed by atoms with van der Waals surface area (Å²) >= 11 is 0. The second-order valence-electron chi connectivity index (χ2n) is 5.68. The van der Waals surface area contributed by atoms with Gasteiger partial charge in [0.15, 0.2) is 0 Å². The first-order valence-electron chi connectivity index (χ1n) is 7.56. The van der Waals surface area contributed by atoms with Crippen LogP contribution in [0.15, 0.2) is 30.5 Å². The molecule has 0 unspecified atom stereocenters. The Morgan fingerprint density at radius 3 is 2.62 bits per heavy atom. The summed E-state index contributed by atoms with van der Waals surface area (Å²) in [6.07, 6.45) is 5.40. The molecule has 21 heavy (non-hydrogen) atoms. The van der Waals surface area contributed by atoms with Crippen molar-refractivity contribution in [1.82, 2.24) is 4.98 Å². The molecule has 2 aromatic rings. The largest absolute Gasteiger partial charge is 0.478 e. The highest BCUT2D eigenvalue weighted by molar-refractivity contribution is 6.06. The van der Waals surface area contributed by atoms with Gasteiger partial charge in [-0.05, 0) is 25.7 Å². The molecular weight excluding hydrogens is 264 g/mol. The first-order chi connectivity index (χ1) is 10.2. The standard InChI is InChI=1S/C17H20N2O2/c1-2-19(11-12-6-5-7-12)16-14-9-4-3-8-13(14)15(10-18-16)17(20)21/h3-4,8-10,12H,2,5-7,11H2,1H3,(H,20,21). The van der Waals surface area contributed by atoms with E-state index in [9.17, 15) is 9.90 Å². The number of fused-ring (bicyclic) bond motifs is 1. The molecule has 4 heteroatoms. The zero-order valence-electron chi connectivity index (χ0n) is 12.2. The Balaban J connectivity index is 2.05. The molecule has 0 amide bonds. The van der Waals surface area contributed by atoms with E-state index in [2.05, 4.69) is 16.8 Å². The normalized spacial score (nSPS) is 14.9. The fourth-order valence-corrected chi connectivity index (χ4v) is 2.95. The van der Waals surface area contributed by atoms with Gasteiger partial charge in [-0.1, -0.05) is 30.7 Å².